The fraction of sp³-hybridized carbons (Fsp3) is 0.278. The molecule has 27 heavy (non-hydrogen) atoms. The zero-order valence-corrected chi connectivity index (χ0v) is 15.4. The molecule has 1 aromatic carbocycles. The number of amides is 1. The van der Waals surface area contributed by atoms with Crippen LogP contribution in [-0.2, 0) is 0 Å². The van der Waals surface area contributed by atoms with Gasteiger partial charge in [-0.15, -0.1) is 0 Å². The highest BCUT2D eigenvalue weighted by Gasteiger charge is 2.26. The topological polar surface area (TPSA) is 108 Å². The van der Waals surface area contributed by atoms with Gasteiger partial charge in [0.1, 0.15) is 0 Å². The lowest BCUT2D eigenvalue weighted by Crippen LogP contribution is -2.49. The number of hydrogen-bond donors (Lipinski definition) is 0. The standard InChI is InChI=1S/C18H16N4O4S/c1-12(23)14-3-2-13(11-19)10-15(14)20-6-8-21(9-7-20)18(24)16-4-5-17(27-16)22(25)26/h2-5,10H,6-9H2,1H3. The molecule has 9 heteroatoms. The summed E-state index contributed by atoms with van der Waals surface area (Å²) in [4.78, 5) is 38.7. The number of carbonyl (C=O) groups is 2. The summed E-state index contributed by atoms with van der Waals surface area (Å²) >= 11 is 0.867. The van der Waals surface area contributed by atoms with Crippen molar-refractivity contribution in [3.8, 4) is 6.07 Å². The van der Waals surface area contributed by atoms with E-state index in [2.05, 4.69) is 6.07 Å². The lowest BCUT2D eigenvalue weighted by molar-refractivity contribution is -0.380. The molecule has 0 atom stereocenters. The molecule has 1 aliphatic heterocycles. The Morgan fingerprint density at radius 2 is 1.89 bits per heavy atom. The summed E-state index contributed by atoms with van der Waals surface area (Å²) in [7, 11) is 0. The van der Waals surface area contributed by atoms with Crippen LogP contribution < -0.4 is 4.90 Å². The van der Waals surface area contributed by atoms with Crippen LogP contribution in [0, 0.1) is 21.4 Å². The first-order valence-electron chi connectivity index (χ1n) is 8.24. The van der Waals surface area contributed by atoms with E-state index in [4.69, 9.17) is 5.26 Å². The molecule has 0 aliphatic carbocycles. The van der Waals surface area contributed by atoms with Crippen LogP contribution in [0.15, 0.2) is 30.3 Å². The van der Waals surface area contributed by atoms with Crippen LogP contribution in [0.1, 0.15) is 32.5 Å². The Morgan fingerprint density at radius 1 is 1.19 bits per heavy atom. The van der Waals surface area contributed by atoms with Gasteiger partial charge in [0, 0.05) is 43.5 Å². The van der Waals surface area contributed by atoms with Crippen molar-refractivity contribution in [1.29, 1.82) is 5.26 Å². The Kier molecular flexibility index (Phi) is 5.19. The number of nitrogens with zero attached hydrogens (tertiary/aromatic N) is 4. The van der Waals surface area contributed by atoms with Gasteiger partial charge in [-0.1, -0.05) is 11.3 Å². The minimum absolute atomic E-state index is 0.0589. The fourth-order valence-corrected chi connectivity index (χ4v) is 3.80. The predicted molar refractivity (Wildman–Crippen MR) is 100 cm³/mol. The molecule has 0 N–H and O–H groups in total. The summed E-state index contributed by atoms with van der Waals surface area (Å²) in [5, 5.41) is 19.8. The average Bonchev–Trinajstić information content (AvgIpc) is 3.17. The molecule has 1 fully saturated rings. The summed E-state index contributed by atoms with van der Waals surface area (Å²) in [6, 6.07) is 9.84. The Labute approximate surface area is 159 Å². The Hall–Kier alpha value is -3.25. The van der Waals surface area contributed by atoms with Gasteiger partial charge in [0.05, 0.1) is 21.4 Å². The molecule has 1 saturated heterocycles. The largest absolute Gasteiger partial charge is 0.367 e. The Morgan fingerprint density at radius 3 is 2.44 bits per heavy atom. The number of piperazine rings is 1. The second kappa shape index (κ2) is 7.55. The molecular formula is C18H16N4O4S. The van der Waals surface area contributed by atoms with E-state index in [1.165, 1.54) is 19.1 Å². The van der Waals surface area contributed by atoms with E-state index in [9.17, 15) is 19.7 Å². The fourth-order valence-electron chi connectivity index (χ4n) is 3.01. The SMILES string of the molecule is CC(=O)c1ccc(C#N)cc1N1CCN(C(=O)c2ccc([N+](=O)[O-])s2)CC1. The molecule has 2 heterocycles. The summed E-state index contributed by atoms with van der Waals surface area (Å²) < 4.78 is 0. The van der Waals surface area contributed by atoms with Crippen molar-refractivity contribution in [1.82, 2.24) is 4.90 Å². The molecule has 138 valence electrons. The van der Waals surface area contributed by atoms with Gasteiger partial charge in [0.15, 0.2) is 5.78 Å². The number of rotatable bonds is 4. The molecule has 3 rings (SSSR count). The third kappa shape index (κ3) is 3.80. The second-order valence-electron chi connectivity index (χ2n) is 6.07. The maximum atomic E-state index is 12.6. The predicted octanol–water partition coefficient (Wildman–Crippen LogP) is 2.69. The maximum absolute atomic E-state index is 12.6. The van der Waals surface area contributed by atoms with E-state index >= 15 is 0 Å². The van der Waals surface area contributed by atoms with Gasteiger partial charge in [0.2, 0.25) is 0 Å². The highest BCUT2D eigenvalue weighted by Crippen LogP contribution is 2.27. The monoisotopic (exact) mass is 384 g/mol. The first-order valence-corrected chi connectivity index (χ1v) is 9.06. The van der Waals surface area contributed by atoms with Crippen LogP contribution in [0.4, 0.5) is 10.7 Å². The van der Waals surface area contributed by atoms with Gasteiger partial charge in [-0.3, -0.25) is 19.7 Å². The van der Waals surface area contributed by atoms with E-state index in [0.29, 0.717) is 47.9 Å². The zero-order valence-electron chi connectivity index (χ0n) is 14.5. The molecular weight excluding hydrogens is 368 g/mol. The number of nitro groups is 1. The van der Waals surface area contributed by atoms with Crippen LogP contribution in [-0.4, -0.2) is 47.7 Å². The molecule has 1 aliphatic rings. The normalized spacial score (nSPS) is 13.9. The van der Waals surface area contributed by atoms with Crippen molar-refractivity contribution in [2.24, 2.45) is 0 Å². The van der Waals surface area contributed by atoms with Gasteiger partial charge in [-0.2, -0.15) is 5.26 Å². The van der Waals surface area contributed by atoms with Crippen LogP contribution in [0.2, 0.25) is 0 Å². The van der Waals surface area contributed by atoms with Gasteiger partial charge in [-0.05, 0) is 31.2 Å². The maximum Gasteiger partial charge on any atom is 0.324 e. The first-order chi connectivity index (χ1) is 12.9. The average molecular weight is 384 g/mol. The number of Topliss-reactive ketones (excluding diaryl/α,β-unsaturated/α-hetero) is 1. The number of anilines is 1. The molecule has 2 aromatic rings. The van der Waals surface area contributed by atoms with E-state index in [1.807, 2.05) is 4.90 Å². The Balaban J connectivity index is 1.73. The van der Waals surface area contributed by atoms with E-state index in [-0.39, 0.29) is 16.7 Å². The van der Waals surface area contributed by atoms with Crippen molar-refractivity contribution in [2.75, 3.05) is 31.1 Å². The van der Waals surface area contributed by atoms with Crippen molar-refractivity contribution in [2.45, 2.75) is 6.92 Å². The zero-order chi connectivity index (χ0) is 19.6. The second-order valence-corrected chi connectivity index (χ2v) is 7.14. The lowest BCUT2D eigenvalue weighted by atomic mass is 10.0. The molecule has 0 unspecified atom stereocenters. The molecule has 0 spiro atoms. The first kappa shape index (κ1) is 18.5. The smallest absolute Gasteiger partial charge is 0.324 e. The summed E-state index contributed by atoms with van der Waals surface area (Å²) in [6.45, 7) is 3.36. The number of carbonyl (C=O) groups excluding carboxylic acids is 2. The highest BCUT2D eigenvalue weighted by atomic mass is 32.1. The third-order valence-corrected chi connectivity index (χ3v) is 5.42. The lowest BCUT2D eigenvalue weighted by Gasteiger charge is -2.36. The summed E-state index contributed by atoms with van der Waals surface area (Å²) in [5.74, 6) is -0.316. The van der Waals surface area contributed by atoms with Crippen molar-refractivity contribution in [3.63, 3.8) is 0 Å². The van der Waals surface area contributed by atoms with Crippen molar-refractivity contribution in [3.05, 3.63) is 56.5 Å². The summed E-state index contributed by atoms with van der Waals surface area (Å²) in [6.07, 6.45) is 0. The van der Waals surface area contributed by atoms with Gasteiger partial charge in [0.25, 0.3) is 5.91 Å². The van der Waals surface area contributed by atoms with Crippen LogP contribution in [0.25, 0.3) is 0 Å². The van der Waals surface area contributed by atoms with Crippen molar-refractivity contribution >= 4 is 33.7 Å². The number of thiophene rings is 1. The van der Waals surface area contributed by atoms with Crippen molar-refractivity contribution < 1.29 is 14.5 Å². The number of benzene rings is 1. The van der Waals surface area contributed by atoms with Gasteiger partial charge < -0.3 is 9.80 Å². The van der Waals surface area contributed by atoms with Gasteiger partial charge >= 0.3 is 5.00 Å². The minimum Gasteiger partial charge on any atom is -0.367 e. The molecule has 0 saturated carbocycles. The number of ketones is 1. The Bertz CT molecular complexity index is 955. The molecule has 1 aromatic heterocycles. The van der Waals surface area contributed by atoms with Crippen LogP contribution >= 0.6 is 11.3 Å². The van der Waals surface area contributed by atoms with E-state index in [1.54, 1.807) is 23.1 Å². The number of hydrogen-bond acceptors (Lipinski definition) is 7. The minimum atomic E-state index is -0.509. The van der Waals surface area contributed by atoms with Crippen LogP contribution in [0.5, 0.6) is 0 Å². The highest BCUT2D eigenvalue weighted by molar-refractivity contribution is 7.17. The van der Waals surface area contributed by atoms with E-state index in [0.717, 1.165) is 11.3 Å². The summed E-state index contributed by atoms with van der Waals surface area (Å²) in [5.41, 5.74) is 1.71. The number of nitriles is 1. The van der Waals surface area contributed by atoms with Gasteiger partial charge in [-0.25, -0.2) is 0 Å². The molecule has 8 nitrogen and oxygen atoms in total. The van der Waals surface area contributed by atoms with E-state index < -0.39 is 4.92 Å². The molecule has 0 bridgehead atoms. The third-order valence-electron chi connectivity index (χ3n) is 4.40. The molecule has 1 amide bonds. The quantitative estimate of drug-likeness (QED) is 0.456. The molecule has 0 radical (unpaired) electrons. The van der Waals surface area contributed by atoms with Crippen LogP contribution in [0.3, 0.4) is 0 Å².